The Morgan fingerprint density at radius 1 is 1.11 bits per heavy atom. The fourth-order valence-corrected chi connectivity index (χ4v) is 8.09. The number of aliphatic hydroxyl groups is 4. The number of fused-ring (bicyclic) bond motifs is 6. The maximum atomic E-state index is 13.9. The largest absolute Gasteiger partial charge is 0.511 e. The number of ketones is 3. The molecule has 0 bridgehead atoms. The molecule has 3 heterocycles. The number of morpholine rings is 1. The first kappa shape index (κ1) is 31.4. The van der Waals surface area contributed by atoms with E-state index in [4.69, 9.17) is 28.4 Å². The number of aliphatic hydroxyl groups excluding tert-OH is 3. The van der Waals surface area contributed by atoms with E-state index in [9.17, 15) is 34.8 Å². The number of rotatable bonds is 6. The molecule has 46 heavy (non-hydrogen) atoms. The van der Waals surface area contributed by atoms with Crippen molar-refractivity contribution in [3.63, 3.8) is 0 Å². The molecule has 0 amide bonds. The Morgan fingerprint density at radius 3 is 2.59 bits per heavy atom. The summed E-state index contributed by atoms with van der Waals surface area (Å²) in [6.07, 6.45) is -4.64. The lowest BCUT2D eigenvalue weighted by Crippen LogP contribution is -2.56. The van der Waals surface area contributed by atoms with E-state index >= 15 is 0 Å². The normalized spacial score (nSPS) is 38.9. The first-order valence-corrected chi connectivity index (χ1v) is 15.4. The Bertz CT molecular complexity index is 1540. The van der Waals surface area contributed by atoms with Crippen LogP contribution in [0.15, 0.2) is 40.9 Å². The maximum Gasteiger partial charge on any atom is 0.197 e. The standard InChI is InChI=1S/C32H37NO13/c1-13-29-16(33-7-8-43-31(42-3)30(33)46-29)9-20(44-13)45-18-11-32(40,19(35)12-34)10-15-22(18)28(39)24-23(26(15)37)25(36)14-5-4-6-17(41-2)21(14)27(24)38/h4-6,13,16,18,20,23-24,29-31,34,37,39-40H,7-12H2,1-3H3/t13-,16-,18-,20-,23?,24?,29+,30+,31-,32-/m0/s1. The summed E-state index contributed by atoms with van der Waals surface area (Å²) in [6, 6.07) is 4.35. The van der Waals surface area contributed by atoms with Crippen LogP contribution in [-0.4, -0.2) is 125 Å². The van der Waals surface area contributed by atoms with E-state index in [2.05, 4.69) is 4.90 Å². The van der Waals surface area contributed by atoms with Crippen LogP contribution in [0.3, 0.4) is 0 Å². The minimum absolute atomic E-state index is 0.00147. The highest BCUT2D eigenvalue weighted by atomic mass is 16.7. The molecule has 3 saturated heterocycles. The van der Waals surface area contributed by atoms with Crippen molar-refractivity contribution < 1.29 is 63.2 Å². The van der Waals surface area contributed by atoms with Crippen LogP contribution in [0.25, 0.3) is 0 Å². The van der Waals surface area contributed by atoms with Crippen LogP contribution >= 0.6 is 0 Å². The third-order valence-corrected chi connectivity index (χ3v) is 10.2. The summed E-state index contributed by atoms with van der Waals surface area (Å²) in [7, 11) is 2.90. The Morgan fingerprint density at radius 2 is 1.87 bits per heavy atom. The molecule has 0 aromatic heterocycles. The molecule has 1 aromatic carbocycles. The van der Waals surface area contributed by atoms with Gasteiger partial charge < -0.3 is 48.8 Å². The zero-order chi connectivity index (χ0) is 32.7. The minimum Gasteiger partial charge on any atom is -0.511 e. The van der Waals surface area contributed by atoms with Crippen LogP contribution in [0.1, 0.15) is 46.9 Å². The van der Waals surface area contributed by atoms with Gasteiger partial charge in [0.15, 0.2) is 36.2 Å². The highest BCUT2D eigenvalue weighted by Gasteiger charge is 2.58. The van der Waals surface area contributed by atoms with Gasteiger partial charge in [-0.25, -0.2) is 0 Å². The fraction of sp³-hybridized carbons (Fsp3) is 0.594. The van der Waals surface area contributed by atoms with Gasteiger partial charge in [-0.05, 0) is 13.0 Å². The molecule has 3 aliphatic carbocycles. The van der Waals surface area contributed by atoms with Gasteiger partial charge in [0.25, 0.3) is 0 Å². The highest BCUT2D eigenvalue weighted by molar-refractivity contribution is 6.19. The lowest BCUT2D eigenvalue weighted by atomic mass is 9.63. The summed E-state index contributed by atoms with van der Waals surface area (Å²) < 4.78 is 35.4. The van der Waals surface area contributed by atoms with Crippen molar-refractivity contribution in [3.05, 3.63) is 52.0 Å². The molecule has 10 atom stereocenters. The van der Waals surface area contributed by atoms with Gasteiger partial charge in [-0.15, -0.1) is 0 Å². The molecule has 1 aromatic rings. The quantitative estimate of drug-likeness (QED) is 0.343. The first-order chi connectivity index (χ1) is 22.0. The van der Waals surface area contributed by atoms with Gasteiger partial charge in [-0.1, -0.05) is 12.1 Å². The van der Waals surface area contributed by atoms with E-state index in [1.165, 1.54) is 26.4 Å². The predicted octanol–water partition coefficient (Wildman–Crippen LogP) is 0.949. The number of nitrogens with zero attached hydrogens (tertiary/aromatic N) is 1. The van der Waals surface area contributed by atoms with Crippen LogP contribution in [0.4, 0.5) is 0 Å². The van der Waals surface area contributed by atoms with Gasteiger partial charge >= 0.3 is 0 Å². The molecular formula is C32H37NO13. The van der Waals surface area contributed by atoms with Crippen LogP contribution < -0.4 is 4.74 Å². The van der Waals surface area contributed by atoms with Gasteiger partial charge in [-0.2, -0.15) is 0 Å². The number of ether oxygens (including phenoxy) is 6. The summed E-state index contributed by atoms with van der Waals surface area (Å²) in [5, 5.41) is 44.7. The summed E-state index contributed by atoms with van der Waals surface area (Å²) in [4.78, 5) is 42.7. The van der Waals surface area contributed by atoms with Crippen LogP contribution in [0, 0.1) is 11.8 Å². The third-order valence-electron chi connectivity index (χ3n) is 10.2. The van der Waals surface area contributed by atoms with Gasteiger partial charge in [-0.3, -0.25) is 19.3 Å². The van der Waals surface area contributed by atoms with Crippen molar-refractivity contribution in [2.24, 2.45) is 11.8 Å². The Labute approximate surface area is 264 Å². The molecule has 14 heteroatoms. The number of carbonyl (C=O) groups is 3. The molecule has 0 radical (unpaired) electrons. The van der Waals surface area contributed by atoms with E-state index in [-0.39, 0.29) is 40.2 Å². The number of hydrogen-bond donors (Lipinski definition) is 4. The van der Waals surface area contributed by atoms with Crippen molar-refractivity contribution in [2.75, 3.05) is 34.0 Å². The number of Topliss-reactive ketones (excluding diaryl/α,β-unsaturated/α-hetero) is 3. The topological polar surface area (TPSA) is 191 Å². The predicted molar refractivity (Wildman–Crippen MR) is 154 cm³/mol. The second kappa shape index (κ2) is 11.5. The first-order valence-electron chi connectivity index (χ1n) is 15.4. The van der Waals surface area contributed by atoms with Crippen molar-refractivity contribution in [3.8, 4) is 5.75 Å². The van der Waals surface area contributed by atoms with Crippen molar-refractivity contribution >= 4 is 17.3 Å². The van der Waals surface area contributed by atoms with E-state index in [1.807, 2.05) is 6.92 Å². The van der Waals surface area contributed by atoms with E-state index in [1.54, 1.807) is 6.07 Å². The fourth-order valence-electron chi connectivity index (χ4n) is 8.09. The van der Waals surface area contributed by atoms with Crippen molar-refractivity contribution in [1.29, 1.82) is 0 Å². The molecule has 3 aliphatic heterocycles. The monoisotopic (exact) mass is 643 g/mol. The van der Waals surface area contributed by atoms with E-state index < -0.39 is 96.8 Å². The van der Waals surface area contributed by atoms with Crippen LogP contribution in [0.2, 0.25) is 0 Å². The summed E-state index contributed by atoms with van der Waals surface area (Å²) in [5.41, 5.74) is -2.28. The highest BCUT2D eigenvalue weighted by Crippen LogP contribution is 2.52. The van der Waals surface area contributed by atoms with Gasteiger partial charge in [0.05, 0.1) is 43.3 Å². The third kappa shape index (κ3) is 4.58. The summed E-state index contributed by atoms with van der Waals surface area (Å²) >= 11 is 0. The number of benzene rings is 1. The average molecular weight is 644 g/mol. The van der Waals surface area contributed by atoms with Crippen LogP contribution in [-0.2, 0) is 28.5 Å². The molecular weight excluding hydrogens is 606 g/mol. The molecule has 6 aliphatic rings. The molecule has 4 N–H and O–H groups in total. The minimum atomic E-state index is -2.21. The second-order valence-corrected chi connectivity index (χ2v) is 12.6. The number of hydrogen-bond acceptors (Lipinski definition) is 14. The van der Waals surface area contributed by atoms with Gasteiger partial charge in [0.1, 0.15) is 35.6 Å². The lowest BCUT2D eigenvalue weighted by Gasteiger charge is -2.46. The molecule has 14 nitrogen and oxygen atoms in total. The van der Waals surface area contributed by atoms with Crippen molar-refractivity contribution in [2.45, 2.75) is 74.9 Å². The van der Waals surface area contributed by atoms with E-state index in [0.29, 0.717) is 19.6 Å². The zero-order valence-corrected chi connectivity index (χ0v) is 25.6. The molecule has 7 rings (SSSR count). The molecule has 1 saturated carbocycles. The Kier molecular flexibility index (Phi) is 7.84. The molecule has 0 spiro atoms. The Balaban J connectivity index is 1.27. The second-order valence-electron chi connectivity index (χ2n) is 12.6. The number of allylic oxidation sites excluding steroid dienone is 2. The SMILES string of the molecule is COc1cccc2c1C(=O)C1C(O)=C3C(=C(O)C1C2=O)C[C@@](O)(C(=O)CO)C[C@@H]3O[C@H]1C[C@H]2[C@H](O[C@@H]3[C@@H](OC)OCCN32)[C@H](C)O1. The molecule has 4 fully saturated rings. The maximum absolute atomic E-state index is 13.9. The Hall–Kier alpha value is -3.21. The van der Waals surface area contributed by atoms with E-state index in [0.717, 1.165) is 0 Å². The lowest BCUT2D eigenvalue weighted by molar-refractivity contribution is -0.253. The average Bonchev–Trinajstić information content (AvgIpc) is 3.43. The number of methoxy groups -OCH3 is 2. The molecule has 2 unspecified atom stereocenters. The smallest absolute Gasteiger partial charge is 0.197 e. The van der Waals surface area contributed by atoms with Gasteiger partial charge in [0, 0.05) is 55.7 Å². The van der Waals surface area contributed by atoms with Crippen molar-refractivity contribution in [1.82, 2.24) is 4.90 Å². The zero-order valence-electron chi connectivity index (χ0n) is 25.6. The van der Waals surface area contributed by atoms with Crippen LogP contribution in [0.5, 0.6) is 5.75 Å². The summed E-state index contributed by atoms with van der Waals surface area (Å²) in [5.74, 6) is -6.06. The number of carbonyl (C=O) groups excluding carboxylic acids is 3. The summed E-state index contributed by atoms with van der Waals surface area (Å²) in [6.45, 7) is 1.85. The molecule has 248 valence electrons. The van der Waals surface area contributed by atoms with Gasteiger partial charge in [0.2, 0.25) is 0 Å².